The van der Waals surface area contributed by atoms with Crippen molar-refractivity contribution in [3.63, 3.8) is 0 Å². The van der Waals surface area contributed by atoms with Crippen LogP contribution >= 0.6 is 0 Å². The van der Waals surface area contributed by atoms with Crippen LogP contribution in [0.2, 0.25) is 0 Å². The smallest absolute Gasteiger partial charge is 0.221 e. The Bertz CT molecular complexity index is 489. The van der Waals surface area contributed by atoms with Gasteiger partial charge in [-0.15, -0.1) is 0 Å². The maximum absolute atomic E-state index is 12.2. The Morgan fingerprint density at radius 1 is 1.22 bits per heavy atom. The zero-order chi connectivity index (χ0) is 16.7. The van der Waals surface area contributed by atoms with E-state index in [4.69, 9.17) is 0 Å². The topological polar surface area (TPSA) is 50.2 Å². The summed E-state index contributed by atoms with van der Waals surface area (Å²) in [6.07, 6.45) is 7.19. The van der Waals surface area contributed by atoms with Crippen LogP contribution in [0, 0.1) is 13.8 Å². The molecule has 5 heteroatoms. The molecule has 2 rings (SSSR count). The molecule has 0 bridgehead atoms. The molecule has 1 fully saturated rings. The first kappa shape index (κ1) is 18.0. The Kier molecular flexibility index (Phi) is 7.09. The van der Waals surface area contributed by atoms with Crippen LogP contribution in [-0.2, 0) is 11.3 Å². The van der Waals surface area contributed by atoms with Crippen molar-refractivity contribution >= 4 is 5.91 Å². The van der Waals surface area contributed by atoms with Gasteiger partial charge < -0.3 is 10.2 Å². The minimum atomic E-state index is 0.104. The fourth-order valence-corrected chi connectivity index (χ4v) is 3.31. The zero-order valence-electron chi connectivity index (χ0n) is 15.0. The van der Waals surface area contributed by atoms with Gasteiger partial charge in [-0.1, -0.05) is 19.3 Å². The van der Waals surface area contributed by atoms with E-state index in [9.17, 15) is 4.79 Å². The molecule has 0 spiro atoms. The molecule has 0 unspecified atom stereocenters. The summed E-state index contributed by atoms with van der Waals surface area (Å²) in [6.45, 7) is 10.0. The predicted octanol–water partition coefficient (Wildman–Crippen LogP) is 2.66. The molecule has 130 valence electrons. The molecule has 23 heavy (non-hydrogen) atoms. The lowest BCUT2D eigenvalue weighted by molar-refractivity contribution is -0.122. The van der Waals surface area contributed by atoms with Gasteiger partial charge in [-0.05, 0) is 52.8 Å². The first-order chi connectivity index (χ1) is 11.0. The maximum Gasteiger partial charge on any atom is 0.221 e. The van der Waals surface area contributed by atoms with E-state index in [2.05, 4.69) is 28.3 Å². The SMILES string of the molecule is Cc1cc(C)n(C[C@H](C)NC(=O)CCN2CCCCCCC2)n1. The Morgan fingerprint density at radius 2 is 1.87 bits per heavy atom. The molecule has 1 atom stereocenters. The number of aromatic nitrogens is 2. The lowest BCUT2D eigenvalue weighted by Gasteiger charge is -2.24. The van der Waals surface area contributed by atoms with Gasteiger partial charge in [0.15, 0.2) is 0 Å². The van der Waals surface area contributed by atoms with Crippen molar-refractivity contribution in [3.05, 3.63) is 17.5 Å². The summed E-state index contributed by atoms with van der Waals surface area (Å²) in [5.41, 5.74) is 2.17. The van der Waals surface area contributed by atoms with Crippen LogP contribution in [-0.4, -0.2) is 46.3 Å². The monoisotopic (exact) mass is 320 g/mol. The Hall–Kier alpha value is -1.36. The number of carbonyl (C=O) groups excluding carboxylic acids is 1. The third-order valence-electron chi connectivity index (χ3n) is 4.56. The molecule has 1 amide bonds. The van der Waals surface area contributed by atoms with Gasteiger partial charge in [0, 0.05) is 24.7 Å². The van der Waals surface area contributed by atoms with E-state index in [1.165, 1.54) is 32.1 Å². The average Bonchev–Trinajstić information content (AvgIpc) is 2.75. The van der Waals surface area contributed by atoms with Gasteiger partial charge in [0.2, 0.25) is 5.91 Å². The van der Waals surface area contributed by atoms with Crippen LogP contribution in [0.15, 0.2) is 6.07 Å². The van der Waals surface area contributed by atoms with Gasteiger partial charge in [-0.3, -0.25) is 9.48 Å². The molecule has 1 N–H and O–H groups in total. The van der Waals surface area contributed by atoms with Crippen molar-refractivity contribution < 1.29 is 4.79 Å². The number of carbonyl (C=O) groups is 1. The van der Waals surface area contributed by atoms with Crippen molar-refractivity contribution in [1.82, 2.24) is 20.0 Å². The quantitative estimate of drug-likeness (QED) is 0.877. The third-order valence-corrected chi connectivity index (χ3v) is 4.56. The van der Waals surface area contributed by atoms with Crippen molar-refractivity contribution in [3.8, 4) is 0 Å². The Balaban J connectivity index is 1.70. The number of nitrogens with one attached hydrogen (secondary N) is 1. The van der Waals surface area contributed by atoms with Crippen LogP contribution in [0.5, 0.6) is 0 Å². The molecule has 0 aromatic carbocycles. The first-order valence-electron chi connectivity index (χ1n) is 9.07. The molecule has 5 nitrogen and oxygen atoms in total. The van der Waals surface area contributed by atoms with E-state index >= 15 is 0 Å². The highest BCUT2D eigenvalue weighted by Crippen LogP contribution is 2.10. The number of nitrogens with zero attached hydrogens (tertiary/aromatic N) is 3. The van der Waals surface area contributed by atoms with E-state index < -0.39 is 0 Å². The number of hydrogen-bond donors (Lipinski definition) is 1. The minimum absolute atomic E-state index is 0.104. The second kappa shape index (κ2) is 9.06. The van der Waals surface area contributed by atoms with Gasteiger partial charge in [0.05, 0.1) is 12.2 Å². The second-order valence-corrected chi connectivity index (χ2v) is 6.94. The van der Waals surface area contributed by atoms with Gasteiger partial charge in [-0.2, -0.15) is 5.10 Å². The summed E-state index contributed by atoms with van der Waals surface area (Å²) < 4.78 is 1.97. The van der Waals surface area contributed by atoms with E-state index in [-0.39, 0.29) is 11.9 Å². The lowest BCUT2D eigenvalue weighted by atomic mass is 10.1. The molecule has 2 heterocycles. The van der Waals surface area contributed by atoms with Crippen molar-refractivity contribution in [2.45, 2.75) is 71.9 Å². The van der Waals surface area contributed by atoms with Gasteiger partial charge in [0.1, 0.15) is 0 Å². The van der Waals surface area contributed by atoms with Gasteiger partial charge in [-0.25, -0.2) is 0 Å². The zero-order valence-corrected chi connectivity index (χ0v) is 15.0. The summed E-state index contributed by atoms with van der Waals surface area (Å²) in [7, 11) is 0. The van der Waals surface area contributed by atoms with E-state index in [0.29, 0.717) is 6.42 Å². The number of amides is 1. The lowest BCUT2D eigenvalue weighted by Crippen LogP contribution is -2.38. The largest absolute Gasteiger partial charge is 0.352 e. The summed E-state index contributed by atoms with van der Waals surface area (Å²) in [6, 6.07) is 2.17. The van der Waals surface area contributed by atoms with Crippen LogP contribution in [0.3, 0.4) is 0 Å². The highest BCUT2D eigenvalue weighted by atomic mass is 16.1. The minimum Gasteiger partial charge on any atom is -0.352 e. The van der Waals surface area contributed by atoms with Crippen molar-refractivity contribution in [2.75, 3.05) is 19.6 Å². The molecule has 0 aliphatic carbocycles. The van der Waals surface area contributed by atoms with Crippen molar-refractivity contribution in [2.24, 2.45) is 0 Å². The van der Waals surface area contributed by atoms with E-state index in [0.717, 1.165) is 37.6 Å². The predicted molar refractivity (Wildman–Crippen MR) is 93.4 cm³/mol. The molecule has 1 aromatic rings. The summed E-state index contributed by atoms with van der Waals surface area (Å²) in [5, 5.41) is 7.56. The summed E-state index contributed by atoms with van der Waals surface area (Å²) in [4.78, 5) is 14.6. The molecule has 1 saturated heterocycles. The Morgan fingerprint density at radius 3 is 2.48 bits per heavy atom. The summed E-state index contributed by atoms with van der Waals surface area (Å²) in [5.74, 6) is 0.154. The maximum atomic E-state index is 12.2. The van der Waals surface area contributed by atoms with Crippen LogP contribution in [0.1, 0.15) is 56.8 Å². The second-order valence-electron chi connectivity index (χ2n) is 6.94. The molecule has 1 aromatic heterocycles. The van der Waals surface area contributed by atoms with Gasteiger partial charge >= 0.3 is 0 Å². The van der Waals surface area contributed by atoms with Crippen LogP contribution in [0.25, 0.3) is 0 Å². The fraction of sp³-hybridized carbons (Fsp3) is 0.778. The normalized spacial score (nSPS) is 18.2. The van der Waals surface area contributed by atoms with Crippen LogP contribution in [0.4, 0.5) is 0 Å². The molecular weight excluding hydrogens is 288 g/mol. The van der Waals surface area contributed by atoms with Crippen molar-refractivity contribution in [1.29, 1.82) is 0 Å². The standard InChI is InChI=1S/C18H32N4O/c1-15-13-17(3)22(20-15)14-16(2)19-18(23)9-12-21-10-7-5-4-6-8-11-21/h13,16H,4-12,14H2,1-3H3,(H,19,23)/t16-/m0/s1. The third kappa shape index (κ3) is 6.34. The number of rotatable bonds is 6. The molecular formula is C18H32N4O. The highest BCUT2D eigenvalue weighted by molar-refractivity contribution is 5.76. The molecule has 0 saturated carbocycles. The van der Waals surface area contributed by atoms with E-state index in [1.807, 2.05) is 18.5 Å². The van der Waals surface area contributed by atoms with Gasteiger partial charge in [0.25, 0.3) is 0 Å². The number of likely N-dealkylation sites (tertiary alicyclic amines) is 1. The Labute approximate surface area is 140 Å². The van der Waals surface area contributed by atoms with E-state index in [1.54, 1.807) is 0 Å². The molecule has 1 aliphatic heterocycles. The number of aryl methyl sites for hydroxylation is 2. The summed E-state index contributed by atoms with van der Waals surface area (Å²) >= 11 is 0. The molecule has 1 aliphatic rings. The highest BCUT2D eigenvalue weighted by Gasteiger charge is 2.13. The fourth-order valence-electron chi connectivity index (χ4n) is 3.31. The molecule has 0 radical (unpaired) electrons. The number of hydrogen-bond acceptors (Lipinski definition) is 3. The first-order valence-corrected chi connectivity index (χ1v) is 9.07. The van der Waals surface area contributed by atoms with Crippen LogP contribution < -0.4 is 5.32 Å². The average molecular weight is 320 g/mol.